The Hall–Kier alpha value is -1.86. The molecule has 0 atom stereocenters. The maximum Gasteiger partial charge on any atom is 0.300 e. The zero-order valence-corrected chi connectivity index (χ0v) is 15.7. The Bertz CT molecular complexity index is 936. The lowest BCUT2D eigenvalue weighted by Crippen LogP contribution is -2.18. The summed E-state index contributed by atoms with van der Waals surface area (Å²) in [7, 11) is 0. The van der Waals surface area contributed by atoms with Gasteiger partial charge in [0.1, 0.15) is 0 Å². The summed E-state index contributed by atoms with van der Waals surface area (Å²) in [6.07, 6.45) is 3.89. The second kappa shape index (κ2) is 7.36. The quantitative estimate of drug-likeness (QED) is 0.701. The summed E-state index contributed by atoms with van der Waals surface area (Å²) in [6.45, 7) is 5.64. The molecular weight excluding hydrogens is 340 g/mol. The van der Waals surface area contributed by atoms with Crippen LogP contribution in [0.5, 0.6) is 0 Å². The van der Waals surface area contributed by atoms with Crippen molar-refractivity contribution in [2.45, 2.75) is 26.9 Å². The molecule has 24 heavy (non-hydrogen) atoms. The number of hydrogen-bond acceptors (Lipinski definition) is 4. The minimum atomic E-state index is -0.289. The molecule has 0 N–H and O–H groups in total. The Morgan fingerprint density at radius 1 is 1.38 bits per heavy atom. The van der Waals surface area contributed by atoms with Crippen LogP contribution in [0.15, 0.2) is 35.5 Å². The SMILES string of the molecule is CCn1ccc(C(=O)N=c2sc3cc(C)ccc3n2CCSC)n1. The van der Waals surface area contributed by atoms with Gasteiger partial charge in [0.15, 0.2) is 10.5 Å². The fourth-order valence-electron chi connectivity index (χ4n) is 2.46. The van der Waals surface area contributed by atoms with E-state index in [0.29, 0.717) is 5.69 Å². The summed E-state index contributed by atoms with van der Waals surface area (Å²) in [5.41, 5.74) is 2.73. The number of fused-ring (bicyclic) bond motifs is 1. The van der Waals surface area contributed by atoms with Gasteiger partial charge >= 0.3 is 0 Å². The van der Waals surface area contributed by atoms with E-state index in [9.17, 15) is 4.79 Å². The highest BCUT2D eigenvalue weighted by Crippen LogP contribution is 2.19. The first-order chi connectivity index (χ1) is 11.6. The van der Waals surface area contributed by atoms with Crippen molar-refractivity contribution in [3.05, 3.63) is 46.5 Å². The fourth-order valence-corrected chi connectivity index (χ4v) is 3.98. The molecule has 0 aliphatic carbocycles. The number of carbonyl (C=O) groups is 1. The van der Waals surface area contributed by atoms with Gasteiger partial charge in [0.05, 0.1) is 10.2 Å². The van der Waals surface area contributed by atoms with Crippen molar-refractivity contribution in [3.63, 3.8) is 0 Å². The lowest BCUT2D eigenvalue weighted by atomic mass is 10.2. The van der Waals surface area contributed by atoms with E-state index in [1.165, 1.54) is 5.56 Å². The molecule has 2 aromatic heterocycles. The zero-order chi connectivity index (χ0) is 17.1. The van der Waals surface area contributed by atoms with Crippen molar-refractivity contribution in [2.75, 3.05) is 12.0 Å². The van der Waals surface area contributed by atoms with Crippen molar-refractivity contribution in [1.82, 2.24) is 14.3 Å². The molecule has 5 nitrogen and oxygen atoms in total. The van der Waals surface area contributed by atoms with Gasteiger partial charge in [-0.25, -0.2) is 0 Å². The van der Waals surface area contributed by atoms with Gasteiger partial charge in [-0.3, -0.25) is 9.48 Å². The largest absolute Gasteiger partial charge is 0.316 e. The molecule has 0 aliphatic rings. The predicted octanol–water partition coefficient (Wildman–Crippen LogP) is 3.33. The average molecular weight is 361 g/mol. The molecule has 0 spiro atoms. The smallest absolute Gasteiger partial charge is 0.300 e. The molecular formula is C17H20N4OS2. The molecule has 0 saturated carbocycles. The number of nitrogens with zero attached hydrogens (tertiary/aromatic N) is 4. The van der Waals surface area contributed by atoms with Crippen molar-refractivity contribution in [3.8, 4) is 0 Å². The van der Waals surface area contributed by atoms with Crippen LogP contribution in [0.3, 0.4) is 0 Å². The number of thioether (sulfide) groups is 1. The van der Waals surface area contributed by atoms with Gasteiger partial charge in [-0.2, -0.15) is 21.9 Å². The Balaban J connectivity index is 2.07. The summed E-state index contributed by atoms with van der Waals surface area (Å²) < 4.78 is 5.02. The maximum atomic E-state index is 12.5. The van der Waals surface area contributed by atoms with Crippen molar-refractivity contribution in [2.24, 2.45) is 4.99 Å². The van der Waals surface area contributed by atoms with Gasteiger partial charge in [-0.1, -0.05) is 17.4 Å². The maximum absolute atomic E-state index is 12.5. The minimum absolute atomic E-state index is 0.289. The summed E-state index contributed by atoms with van der Waals surface area (Å²) >= 11 is 3.34. The van der Waals surface area contributed by atoms with E-state index in [4.69, 9.17) is 0 Å². The number of carbonyl (C=O) groups excluding carboxylic acids is 1. The Kier molecular flexibility index (Phi) is 5.20. The number of aromatic nitrogens is 3. The van der Waals surface area contributed by atoms with Gasteiger partial charge in [0.25, 0.3) is 5.91 Å². The van der Waals surface area contributed by atoms with E-state index in [1.807, 2.05) is 6.92 Å². The highest BCUT2D eigenvalue weighted by Gasteiger charge is 2.11. The Labute approximate surface area is 149 Å². The minimum Gasteiger partial charge on any atom is -0.316 e. The van der Waals surface area contributed by atoms with Crippen LogP contribution >= 0.6 is 23.1 Å². The molecule has 0 saturated heterocycles. The van der Waals surface area contributed by atoms with Gasteiger partial charge < -0.3 is 4.57 Å². The van der Waals surface area contributed by atoms with Crippen LogP contribution < -0.4 is 4.80 Å². The molecule has 3 rings (SSSR count). The monoisotopic (exact) mass is 360 g/mol. The van der Waals surface area contributed by atoms with Crippen LogP contribution in [-0.4, -0.2) is 32.3 Å². The van der Waals surface area contributed by atoms with Crippen molar-refractivity contribution in [1.29, 1.82) is 0 Å². The van der Waals surface area contributed by atoms with Gasteiger partial charge in [-0.05, 0) is 43.9 Å². The first-order valence-corrected chi connectivity index (χ1v) is 10.0. The van der Waals surface area contributed by atoms with Crippen molar-refractivity contribution >= 4 is 39.2 Å². The molecule has 3 aromatic rings. The zero-order valence-electron chi connectivity index (χ0n) is 14.0. The number of aryl methyl sites for hydroxylation is 3. The molecule has 0 unspecified atom stereocenters. The van der Waals surface area contributed by atoms with Gasteiger partial charge in [0, 0.05) is 25.0 Å². The topological polar surface area (TPSA) is 52.2 Å². The predicted molar refractivity (Wildman–Crippen MR) is 101 cm³/mol. The van der Waals surface area contributed by atoms with Crippen LogP contribution in [0.4, 0.5) is 0 Å². The third kappa shape index (κ3) is 3.47. The molecule has 7 heteroatoms. The molecule has 0 radical (unpaired) electrons. The van der Waals surface area contributed by atoms with E-state index < -0.39 is 0 Å². The second-order valence-electron chi connectivity index (χ2n) is 5.47. The first kappa shape index (κ1) is 17.0. The summed E-state index contributed by atoms with van der Waals surface area (Å²) in [4.78, 5) is 17.5. The first-order valence-electron chi connectivity index (χ1n) is 7.84. The summed E-state index contributed by atoms with van der Waals surface area (Å²) in [5, 5.41) is 4.25. The van der Waals surface area contributed by atoms with Crippen LogP contribution in [0.1, 0.15) is 23.0 Å². The number of benzene rings is 1. The highest BCUT2D eigenvalue weighted by molar-refractivity contribution is 7.98. The second-order valence-corrected chi connectivity index (χ2v) is 7.47. The van der Waals surface area contributed by atoms with E-state index >= 15 is 0 Å². The molecule has 1 amide bonds. The van der Waals surface area contributed by atoms with Crippen molar-refractivity contribution < 1.29 is 4.79 Å². The van der Waals surface area contributed by atoms with Crippen LogP contribution in [-0.2, 0) is 13.1 Å². The van der Waals surface area contributed by atoms with E-state index in [1.54, 1.807) is 40.0 Å². The Morgan fingerprint density at radius 2 is 2.21 bits per heavy atom. The molecule has 0 fully saturated rings. The lowest BCUT2D eigenvalue weighted by Gasteiger charge is -2.03. The van der Waals surface area contributed by atoms with E-state index in [-0.39, 0.29) is 5.91 Å². The lowest BCUT2D eigenvalue weighted by molar-refractivity contribution is 0.0992. The normalized spacial score (nSPS) is 12.2. The molecule has 126 valence electrons. The standard InChI is InChI=1S/C17H20N4OS2/c1-4-20-8-7-13(19-20)16(22)18-17-21(9-10-23-3)14-6-5-12(2)11-15(14)24-17/h5-8,11H,4,9-10H2,1-3H3. The average Bonchev–Trinajstić information content (AvgIpc) is 3.17. The molecule has 2 heterocycles. The van der Waals surface area contributed by atoms with Crippen LogP contribution in [0.25, 0.3) is 10.2 Å². The number of rotatable bonds is 5. The highest BCUT2D eigenvalue weighted by atomic mass is 32.2. The van der Waals surface area contributed by atoms with Gasteiger partial charge in [-0.15, -0.1) is 0 Å². The fraction of sp³-hybridized carbons (Fsp3) is 0.353. The molecule has 1 aromatic carbocycles. The van der Waals surface area contributed by atoms with E-state index in [2.05, 4.69) is 46.0 Å². The Morgan fingerprint density at radius 3 is 2.92 bits per heavy atom. The number of hydrogen-bond donors (Lipinski definition) is 0. The van der Waals surface area contributed by atoms with Crippen LogP contribution in [0, 0.1) is 6.92 Å². The molecule has 0 aliphatic heterocycles. The summed E-state index contributed by atoms with van der Waals surface area (Å²) in [6, 6.07) is 8.07. The van der Waals surface area contributed by atoms with E-state index in [0.717, 1.165) is 33.9 Å². The third-order valence-electron chi connectivity index (χ3n) is 3.74. The van der Waals surface area contributed by atoms with Crippen LogP contribution in [0.2, 0.25) is 0 Å². The number of amides is 1. The summed E-state index contributed by atoms with van der Waals surface area (Å²) in [5.74, 6) is 0.689. The number of thiazole rings is 1. The molecule has 0 bridgehead atoms. The third-order valence-corrected chi connectivity index (χ3v) is 5.37. The van der Waals surface area contributed by atoms with Gasteiger partial charge in [0.2, 0.25) is 0 Å².